The van der Waals surface area contributed by atoms with E-state index in [0.717, 1.165) is 47.0 Å². The van der Waals surface area contributed by atoms with E-state index < -0.39 is 17.0 Å². The van der Waals surface area contributed by atoms with Gasteiger partial charge in [0.1, 0.15) is 16.6 Å². The van der Waals surface area contributed by atoms with Crippen molar-refractivity contribution in [1.29, 1.82) is 0 Å². The lowest BCUT2D eigenvalue weighted by molar-refractivity contribution is -0.120. The van der Waals surface area contributed by atoms with Crippen LogP contribution in [0.3, 0.4) is 0 Å². The second-order valence-electron chi connectivity index (χ2n) is 10.0. The number of nitrogens with one attached hydrogen (secondary N) is 2. The Bertz CT molecular complexity index is 1650. The number of fused-ring (bicyclic) bond motifs is 1. The zero-order valence-electron chi connectivity index (χ0n) is 24.5. The van der Waals surface area contributed by atoms with E-state index in [1.807, 2.05) is 12.1 Å². The van der Waals surface area contributed by atoms with Crippen molar-refractivity contribution in [2.75, 3.05) is 19.0 Å². The number of anilines is 1. The fraction of sp³-hybridized carbons (Fsp3) is 0.323. The highest BCUT2D eigenvalue weighted by atomic mass is 32.2. The van der Waals surface area contributed by atoms with Gasteiger partial charge < -0.3 is 20.1 Å². The zero-order chi connectivity index (χ0) is 31.2. The quantitative estimate of drug-likeness (QED) is 0.162. The van der Waals surface area contributed by atoms with Crippen LogP contribution in [-0.2, 0) is 40.1 Å². The Morgan fingerprint density at radius 2 is 1.84 bits per heavy atom. The minimum atomic E-state index is -0.636. The minimum Gasteiger partial charge on any atom is -0.497 e. The summed E-state index contributed by atoms with van der Waals surface area (Å²) < 4.78 is 25.9. The number of methoxy groups -OCH3 is 1. The molecule has 13 heteroatoms. The topological polar surface area (TPSA) is 124 Å². The molecule has 0 bridgehead atoms. The molecule has 0 fully saturated rings. The van der Waals surface area contributed by atoms with Crippen molar-refractivity contribution < 1.29 is 28.2 Å². The lowest BCUT2D eigenvalue weighted by Crippen LogP contribution is -2.26. The SMILES string of the molecule is CCOC(=O)c1c(NC(=O)[C@@H](C)Sc2nnc(CNC(=O)Cc3ccc(OC)cc3)n2-c2ccc(F)cc2)sc2c1CCC2. The Morgan fingerprint density at radius 3 is 2.55 bits per heavy atom. The Kier molecular flexibility index (Phi) is 9.95. The predicted octanol–water partition coefficient (Wildman–Crippen LogP) is 5.12. The van der Waals surface area contributed by atoms with E-state index in [4.69, 9.17) is 9.47 Å². The van der Waals surface area contributed by atoms with E-state index in [-0.39, 0.29) is 31.4 Å². The number of carbonyl (C=O) groups excluding carboxylic acids is 3. The molecule has 0 unspecified atom stereocenters. The zero-order valence-corrected chi connectivity index (χ0v) is 26.1. The molecule has 0 saturated heterocycles. The van der Waals surface area contributed by atoms with Crippen molar-refractivity contribution in [2.45, 2.75) is 56.5 Å². The third kappa shape index (κ3) is 7.11. The Balaban J connectivity index is 1.31. The molecular weight excluding hydrogens is 606 g/mol. The maximum absolute atomic E-state index is 13.8. The molecular formula is C31H32FN5O5S2. The highest BCUT2D eigenvalue weighted by Gasteiger charge is 2.30. The van der Waals surface area contributed by atoms with Gasteiger partial charge in [-0.25, -0.2) is 9.18 Å². The van der Waals surface area contributed by atoms with Gasteiger partial charge in [-0.05, 0) is 80.6 Å². The number of ether oxygens (including phenoxy) is 2. The van der Waals surface area contributed by atoms with E-state index >= 15 is 0 Å². The maximum atomic E-state index is 13.8. The van der Waals surface area contributed by atoms with Crippen LogP contribution >= 0.6 is 23.1 Å². The molecule has 2 aromatic carbocycles. The van der Waals surface area contributed by atoms with Crippen molar-refractivity contribution in [1.82, 2.24) is 20.1 Å². The molecule has 0 radical (unpaired) electrons. The average molecular weight is 638 g/mol. The summed E-state index contributed by atoms with van der Waals surface area (Å²) in [6.45, 7) is 3.78. The number of thiophene rings is 1. The number of carbonyl (C=O) groups is 3. The number of rotatable bonds is 12. The number of halogens is 1. The molecule has 44 heavy (non-hydrogen) atoms. The van der Waals surface area contributed by atoms with Crippen LogP contribution in [0, 0.1) is 5.82 Å². The van der Waals surface area contributed by atoms with Crippen LogP contribution in [0.15, 0.2) is 53.7 Å². The monoisotopic (exact) mass is 637 g/mol. The van der Waals surface area contributed by atoms with Crippen molar-refractivity contribution in [3.63, 3.8) is 0 Å². The molecule has 5 rings (SSSR count). The number of aromatic nitrogens is 3. The standard InChI is InChI=1S/C31H32FN5O5S2/c1-4-42-30(40)27-23-6-5-7-24(23)44-29(27)34-28(39)18(2)43-31-36-35-25(37(31)21-12-10-20(32)11-13-21)17-33-26(38)16-19-8-14-22(41-3)15-9-19/h8-15,18H,4-7,16-17H2,1-3H3,(H,33,38)(H,34,39)/t18-/m1/s1. The fourth-order valence-corrected chi connectivity index (χ4v) is 7.01. The van der Waals surface area contributed by atoms with Crippen LogP contribution in [0.1, 0.15) is 52.5 Å². The van der Waals surface area contributed by atoms with Gasteiger partial charge in [-0.1, -0.05) is 23.9 Å². The number of amides is 2. The first-order chi connectivity index (χ1) is 21.3. The fourth-order valence-electron chi connectivity index (χ4n) is 4.85. The van der Waals surface area contributed by atoms with Gasteiger partial charge >= 0.3 is 5.97 Å². The molecule has 0 saturated carbocycles. The molecule has 1 aliphatic carbocycles. The molecule has 10 nitrogen and oxygen atoms in total. The van der Waals surface area contributed by atoms with Gasteiger partial charge in [0.15, 0.2) is 11.0 Å². The van der Waals surface area contributed by atoms with Crippen molar-refractivity contribution in [2.24, 2.45) is 0 Å². The Hall–Kier alpha value is -4.23. The molecule has 2 N–H and O–H groups in total. The van der Waals surface area contributed by atoms with Crippen LogP contribution < -0.4 is 15.4 Å². The third-order valence-corrected chi connectivity index (χ3v) is 9.29. The van der Waals surface area contributed by atoms with E-state index in [1.54, 1.807) is 49.8 Å². The first-order valence-electron chi connectivity index (χ1n) is 14.2. The molecule has 4 aromatic rings. The number of benzene rings is 2. The smallest absolute Gasteiger partial charge is 0.341 e. The molecule has 230 valence electrons. The van der Waals surface area contributed by atoms with Gasteiger partial charge in [0.2, 0.25) is 11.8 Å². The third-order valence-electron chi connectivity index (χ3n) is 7.04. The van der Waals surface area contributed by atoms with Crippen molar-refractivity contribution in [3.05, 3.63) is 81.7 Å². The average Bonchev–Trinajstić information content (AvgIpc) is 3.72. The molecule has 0 spiro atoms. The Morgan fingerprint density at radius 1 is 1.09 bits per heavy atom. The van der Waals surface area contributed by atoms with Crippen LogP contribution in [0.25, 0.3) is 5.69 Å². The molecule has 0 aliphatic heterocycles. The van der Waals surface area contributed by atoms with Crippen LogP contribution in [0.5, 0.6) is 5.75 Å². The number of esters is 1. The summed E-state index contributed by atoms with van der Waals surface area (Å²) in [5, 5.41) is 14.6. The van der Waals surface area contributed by atoms with Crippen molar-refractivity contribution in [3.8, 4) is 11.4 Å². The number of aryl methyl sites for hydroxylation is 1. The molecule has 2 aromatic heterocycles. The number of thioether (sulfide) groups is 1. The number of hydrogen-bond acceptors (Lipinski definition) is 9. The van der Waals surface area contributed by atoms with Gasteiger partial charge in [-0.3, -0.25) is 14.2 Å². The lowest BCUT2D eigenvalue weighted by Gasteiger charge is -2.14. The van der Waals surface area contributed by atoms with E-state index in [9.17, 15) is 18.8 Å². The molecule has 1 aliphatic rings. The predicted molar refractivity (Wildman–Crippen MR) is 166 cm³/mol. The number of nitrogens with zero attached hydrogens (tertiary/aromatic N) is 3. The summed E-state index contributed by atoms with van der Waals surface area (Å²) in [6, 6.07) is 13.0. The highest BCUT2D eigenvalue weighted by molar-refractivity contribution is 8.00. The second kappa shape index (κ2) is 14.0. The first-order valence-corrected chi connectivity index (χ1v) is 15.9. The van der Waals surface area contributed by atoms with E-state index in [0.29, 0.717) is 33.0 Å². The van der Waals surface area contributed by atoms with Crippen molar-refractivity contribution >= 4 is 45.9 Å². The van der Waals surface area contributed by atoms with E-state index in [2.05, 4.69) is 20.8 Å². The largest absolute Gasteiger partial charge is 0.497 e. The molecule has 2 amide bonds. The normalized spacial score (nSPS) is 12.8. The summed E-state index contributed by atoms with van der Waals surface area (Å²) in [5.41, 5.74) is 2.79. The minimum absolute atomic E-state index is 0.0597. The van der Waals surface area contributed by atoms with Gasteiger partial charge in [0.05, 0.1) is 37.5 Å². The summed E-state index contributed by atoms with van der Waals surface area (Å²) in [4.78, 5) is 39.9. The summed E-state index contributed by atoms with van der Waals surface area (Å²) in [7, 11) is 1.58. The van der Waals surface area contributed by atoms with Crippen LogP contribution in [-0.4, -0.2) is 51.5 Å². The Labute approximate surface area is 262 Å². The molecule has 2 heterocycles. The van der Waals surface area contributed by atoms with Gasteiger partial charge in [0.25, 0.3) is 0 Å². The van der Waals surface area contributed by atoms with Crippen LogP contribution in [0.2, 0.25) is 0 Å². The number of hydrogen-bond donors (Lipinski definition) is 2. The second-order valence-corrected chi connectivity index (χ2v) is 12.5. The van der Waals surface area contributed by atoms with Gasteiger partial charge in [-0.2, -0.15) is 0 Å². The highest BCUT2D eigenvalue weighted by Crippen LogP contribution is 2.40. The van der Waals surface area contributed by atoms with E-state index in [1.165, 1.54) is 23.5 Å². The van der Waals surface area contributed by atoms with Crippen LogP contribution in [0.4, 0.5) is 9.39 Å². The summed E-state index contributed by atoms with van der Waals surface area (Å²) in [5.74, 6) is -0.257. The summed E-state index contributed by atoms with van der Waals surface area (Å²) >= 11 is 2.58. The summed E-state index contributed by atoms with van der Waals surface area (Å²) in [6.07, 6.45) is 2.78. The maximum Gasteiger partial charge on any atom is 0.341 e. The van der Waals surface area contributed by atoms with Gasteiger partial charge in [0, 0.05) is 10.6 Å². The first kappa shape index (κ1) is 31.2. The lowest BCUT2D eigenvalue weighted by atomic mass is 10.1. The molecule has 1 atom stereocenters. The van der Waals surface area contributed by atoms with Gasteiger partial charge in [-0.15, -0.1) is 21.5 Å².